The second kappa shape index (κ2) is 48.7. The molecule has 0 aliphatic heterocycles. The first-order chi connectivity index (χ1) is 30.0. The van der Waals surface area contributed by atoms with E-state index in [0.29, 0.717) is 12.8 Å². The van der Waals surface area contributed by atoms with Crippen molar-refractivity contribution in [2.24, 2.45) is 0 Å². The van der Waals surface area contributed by atoms with Gasteiger partial charge in [-0.05, 0) is 96.3 Å². The van der Waals surface area contributed by atoms with Gasteiger partial charge in [0.15, 0.2) is 6.10 Å². The molecule has 0 radical (unpaired) electrons. The number of carbonyl (C=O) groups excluding carboxylic acids is 3. The van der Waals surface area contributed by atoms with Crippen LogP contribution in [0.5, 0.6) is 0 Å². The van der Waals surface area contributed by atoms with E-state index >= 15 is 0 Å². The fourth-order valence-corrected chi connectivity index (χ4v) is 6.18. The standard InChI is InChI=1S/C55H88O6/c1-4-7-10-13-16-19-22-25-26-27-28-29-31-33-36-39-42-45-48-54(57)60-51-52(50-59-53(56)47-44-41-38-35-32-24-21-18-15-12-9-6-3)61-55(58)49-46-43-40-37-34-30-23-20-17-14-11-8-5-2/h9-10,12-13,16,18-19,21-22,25-30,32,34-35,52H,4-8,11,14-15,17,20,23-24,31,33,36-51H2,1-3H3/b12-9-,13-10-,19-16-,21-18-,25-22-,27-26-,29-28-,34-30-,35-32-. The first-order valence-corrected chi connectivity index (χ1v) is 24.5. The van der Waals surface area contributed by atoms with E-state index in [1.54, 1.807) is 0 Å². The Balaban J connectivity index is 4.51. The molecule has 0 aromatic heterocycles. The Hall–Kier alpha value is -3.93. The van der Waals surface area contributed by atoms with Crippen LogP contribution < -0.4 is 0 Å². The van der Waals surface area contributed by atoms with Crippen molar-refractivity contribution in [1.29, 1.82) is 0 Å². The topological polar surface area (TPSA) is 78.9 Å². The SMILES string of the molecule is CC/C=C\C/C=C\C/C=C\CCCCC(=O)OCC(COC(=O)CCCCCCC\C=C/C=C\C=C/C=C\C=C/CCC)OC(=O)CCCCC/C=C\CCCCCCCC. The molecule has 0 aliphatic carbocycles. The molecule has 0 saturated heterocycles. The van der Waals surface area contributed by atoms with E-state index in [1.165, 1.54) is 44.9 Å². The summed E-state index contributed by atoms with van der Waals surface area (Å²) in [6.07, 6.45) is 65.0. The number of esters is 3. The molecule has 1 unspecified atom stereocenters. The van der Waals surface area contributed by atoms with Gasteiger partial charge < -0.3 is 14.2 Å². The third-order valence-electron chi connectivity index (χ3n) is 9.84. The lowest BCUT2D eigenvalue weighted by molar-refractivity contribution is -0.167. The molecule has 0 aliphatic rings. The Bertz CT molecular complexity index is 1290. The van der Waals surface area contributed by atoms with Crippen molar-refractivity contribution in [3.05, 3.63) is 109 Å². The van der Waals surface area contributed by atoms with Crippen molar-refractivity contribution in [2.75, 3.05) is 13.2 Å². The minimum absolute atomic E-state index is 0.112. The average molecular weight is 845 g/mol. The monoisotopic (exact) mass is 845 g/mol. The smallest absolute Gasteiger partial charge is 0.306 e. The molecule has 0 fully saturated rings. The van der Waals surface area contributed by atoms with Gasteiger partial charge in [0.05, 0.1) is 0 Å². The second-order valence-corrected chi connectivity index (χ2v) is 15.8. The van der Waals surface area contributed by atoms with E-state index in [9.17, 15) is 14.4 Å². The summed E-state index contributed by atoms with van der Waals surface area (Å²) in [6, 6.07) is 0. The van der Waals surface area contributed by atoms with E-state index in [1.807, 2.05) is 36.5 Å². The van der Waals surface area contributed by atoms with Gasteiger partial charge in [-0.2, -0.15) is 0 Å². The molecule has 0 spiro atoms. The molecule has 0 rings (SSSR count). The van der Waals surface area contributed by atoms with Gasteiger partial charge in [-0.25, -0.2) is 0 Å². The van der Waals surface area contributed by atoms with Crippen LogP contribution in [-0.2, 0) is 28.6 Å². The van der Waals surface area contributed by atoms with Gasteiger partial charge in [-0.1, -0.05) is 194 Å². The quantitative estimate of drug-likeness (QED) is 0.0200. The van der Waals surface area contributed by atoms with E-state index in [2.05, 4.69) is 93.7 Å². The Morgan fingerprint density at radius 3 is 1.28 bits per heavy atom. The lowest BCUT2D eigenvalue weighted by Crippen LogP contribution is -2.30. The molecule has 0 saturated carbocycles. The molecule has 0 amide bonds. The maximum absolute atomic E-state index is 12.8. The van der Waals surface area contributed by atoms with Crippen molar-refractivity contribution >= 4 is 17.9 Å². The van der Waals surface area contributed by atoms with Gasteiger partial charge in [-0.3, -0.25) is 14.4 Å². The van der Waals surface area contributed by atoms with E-state index in [4.69, 9.17) is 14.2 Å². The van der Waals surface area contributed by atoms with E-state index in [-0.39, 0.29) is 37.5 Å². The van der Waals surface area contributed by atoms with Crippen LogP contribution in [0.25, 0.3) is 0 Å². The highest BCUT2D eigenvalue weighted by Crippen LogP contribution is 2.12. The van der Waals surface area contributed by atoms with Crippen molar-refractivity contribution in [3.63, 3.8) is 0 Å². The number of ether oxygens (including phenoxy) is 3. The summed E-state index contributed by atoms with van der Waals surface area (Å²) in [4.78, 5) is 37.9. The molecule has 0 N–H and O–H groups in total. The minimum atomic E-state index is -0.813. The number of hydrogen-bond acceptors (Lipinski definition) is 6. The number of allylic oxidation sites excluding steroid dienone is 18. The van der Waals surface area contributed by atoms with Crippen LogP contribution in [0.1, 0.15) is 201 Å². The molecule has 344 valence electrons. The van der Waals surface area contributed by atoms with Crippen LogP contribution in [0.3, 0.4) is 0 Å². The van der Waals surface area contributed by atoms with Gasteiger partial charge in [0.1, 0.15) is 13.2 Å². The minimum Gasteiger partial charge on any atom is -0.462 e. The molecule has 0 heterocycles. The molecular weight excluding hydrogens is 757 g/mol. The summed E-state index contributed by atoms with van der Waals surface area (Å²) in [5.41, 5.74) is 0. The van der Waals surface area contributed by atoms with Crippen LogP contribution in [0, 0.1) is 0 Å². The Morgan fingerprint density at radius 1 is 0.361 bits per heavy atom. The maximum atomic E-state index is 12.8. The third-order valence-corrected chi connectivity index (χ3v) is 9.84. The second-order valence-electron chi connectivity index (χ2n) is 15.8. The zero-order valence-electron chi connectivity index (χ0n) is 39.1. The molecule has 61 heavy (non-hydrogen) atoms. The molecular formula is C55H88O6. The van der Waals surface area contributed by atoms with Crippen LogP contribution in [0.2, 0.25) is 0 Å². The lowest BCUT2D eigenvalue weighted by atomic mass is 10.1. The first-order valence-electron chi connectivity index (χ1n) is 24.5. The van der Waals surface area contributed by atoms with Crippen molar-refractivity contribution < 1.29 is 28.6 Å². The first kappa shape index (κ1) is 57.1. The van der Waals surface area contributed by atoms with Gasteiger partial charge >= 0.3 is 17.9 Å². The highest BCUT2D eigenvalue weighted by molar-refractivity contribution is 5.71. The van der Waals surface area contributed by atoms with Crippen LogP contribution in [0.15, 0.2) is 109 Å². The zero-order chi connectivity index (χ0) is 44.4. The predicted octanol–water partition coefficient (Wildman–Crippen LogP) is 16.0. The summed E-state index contributed by atoms with van der Waals surface area (Å²) < 4.78 is 16.7. The number of rotatable bonds is 42. The average Bonchev–Trinajstić information content (AvgIpc) is 3.26. The van der Waals surface area contributed by atoms with Crippen molar-refractivity contribution in [3.8, 4) is 0 Å². The van der Waals surface area contributed by atoms with Crippen molar-refractivity contribution in [1.82, 2.24) is 0 Å². The molecule has 6 heteroatoms. The Kier molecular flexibility index (Phi) is 45.6. The molecule has 0 aromatic rings. The fraction of sp³-hybridized carbons (Fsp3) is 0.618. The summed E-state index contributed by atoms with van der Waals surface area (Å²) in [7, 11) is 0. The van der Waals surface area contributed by atoms with Gasteiger partial charge in [-0.15, -0.1) is 0 Å². The lowest BCUT2D eigenvalue weighted by Gasteiger charge is -2.18. The zero-order valence-corrected chi connectivity index (χ0v) is 39.1. The molecule has 6 nitrogen and oxygen atoms in total. The van der Waals surface area contributed by atoms with Gasteiger partial charge in [0.2, 0.25) is 0 Å². The number of unbranched alkanes of at least 4 members (excludes halogenated alkanes) is 17. The van der Waals surface area contributed by atoms with Crippen molar-refractivity contribution in [2.45, 2.75) is 207 Å². The molecule has 1 atom stereocenters. The van der Waals surface area contributed by atoms with Crippen LogP contribution in [-0.4, -0.2) is 37.2 Å². The predicted molar refractivity (Wildman–Crippen MR) is 260 cm³/mol. The summed E-state index contributed by atoms with van der Waals surface area (Å²) in [5, 5.41) is 0. The van der Waals surface area contributed by atoms with Crippen LogP contribution >= 0.6 is 0 Å². The summed E-state index contributed by atoms with van der Waals surface area (Å²) in [6.45, 7) is 6.33. The van der Waals surface area contributed by atoms with Gasteiger partial charge in [0.25, 0.3) is 0 Å². The van der Waals surface area contributed by atoms with Gasteiger partial charge in [0, 0.05) is 19.3 Å². The fourth-order valence-electron chi connectivity index (χ4n) is 6.18. The number of hydrogen-bond donors (Lipinski definition) is 0. The highest BCUT2D eigenvalue weighted by atomic mass is 16.6. The maximum Gasteiger partial charge on any atom is 0.306 e. The largest absolute Gasteiger partial charge is 0.462 e. The Morgan fingerprint density at radius 2 is 0.738 bits per heavy atom. The Labute approximate surface area is 374 Å². The van der Waals surface area contributed by atoms with Crippen LogP contribution in [0.4, 0.5) is 0 Å². The third kappa shape index (κ3) is 47.0. The summed E-state index contributed by atoms with van der Waals surface area (Å²) in [5.74, 6) is -1.00. The van der Waals surface area contributed by atoms with E-state index in [0.717, 1.165) is 116 Å². The molecule has 0 bridgehead atoms. The van der Waals surface area contributed by atoms with E-state index < -0.39 is 6.10 Å². The molecule has 0 aromatic carbocycles. The normalized spacial score (nSPS) is 13.0. The summed E-state index contributed by atoms with van der Waals surface area (Å²) >= 11 is 0. The number of carbonyl (C=O) groups is 3. The highest BCUT2D eigenvalue weighted by Gasteiger charge is 2.19.